The van der Waals surface area contributed by atoms with Gasteiger partial charge in [-0.05, 0) is 25.1 Å². The SMILES string of the molecule is CC(=O)OC(C)CC(=O)Nc1ccc(-c2ccc(=O)[nH]n2)cc1. The van der Waals surface area contributed by atoms with Gasteiger partial charge < -0.3 is 10.1 Å². The van der Waals surface area contributed by atoms with Crippen molar-refractivity contribution in [2.45, 2.75) is 26.4 Å². The van der Waals surface area contributed by atoms with Crippen molar-refractivity contribution in [3.05, 3.63) is 46.8 Å². The molecule has 2 aromatic rings. The van der Waals surface area contributed by atoms with Gasteiger partial charge in [-0.3, -0.25) is 14.4 Å². The molecule has 1 aromatic carbocycles. The van der Waals surface area contributed by atoms with Crippen molar-refractivity contribution in [2.24, 2.45) is 0 Å². The Kier molecular flexibility index (Phi) is 5.24. The summed E-state index contributed by atoms with van der Waals surface area (Å²) in [6.45, 7) is 2.96. The number of carbonyl (C=O) groups is 2. The van der Waals surface area contributed by atoms with Gasteiger partial charge in [-0.25, -0.2) is 5.10 Å². The van der Waals surface area contributed by atoms with E-state index in [0.717, 1.165) is 5.56 Å². The Hall–Kier alpha value is -2.96. The summed E-state index contributed by atoms with van der Waals surface area (Å²) in [6, 6.07) is 10.0. The molecule has 0 spiro atoms. The van der Waals surface area contributed by atoms with E-state index in [1.165, 1.54) is 13.0 Å². The Morgan fingerprint density at radius 3 is 2.48 bits per heavy atom. The Balaban J connectivity index is 1.97. The summed E-state index contributed by atoms with van der Waals surface area (Å²) in [5, 5.41) is 9.02. The van der Waals surface area contributed by atoms with Crippen molar-refractivity contribution >= 4 is 17.6 Å². The molecule has 0 fully saturated rings. The first kappa shape index (κ1) is 16.4. The first-order valence-electron chi connectivity index (χ1n) is 7.07. The molecule has 23 heavy (non-hydrogen) atoms. The number of carbonyl (C=O) groups excluding carboxylic acids is 2. The third-order valence-corrected chi connectivity index (χ3v) is 2.98. The number of ether oxygens (including phenoxy) is 1. The predicted octanol–water partition coefficient (Wildman–Crippen LogP) is 1.72. The quantitative estimate of drug-likeness (QED) is 0.818. The van der Waals surface area contributed by atoms with Crippen LogP contribution >= 0.6 is 0 Å². The van der Waals surface area contributed by atoms with E-state index in [2.05, 4.69) is 15.5 Å². The summed E-state index contributed by atoms with van der Waals surface area (Å²) in [6.07, 6.45) is -0.389. The van der Waals surface area contributed by atoms with Gasteiger partial charge in [0.15, 0.2) is 0 Å². The number of H-pyrrole nitrogens is 1. The standard InChI is InChI=1S/C16H17N3O4/c1-10(23-11(2)20)9-16(22)17-13-5-3-12(4-6-13)14-7-8-15(21)19-18-14/h3-8,10H,9H2,1-2H3,(H,17,22)(H,19,21). The predicted molar refractivity (Wildman–Crippen MR) is 84.8 cm³/mol. The van der Waals surface area contributed by atoms with Gasteiger partial charge in [0, 0.05) is 24.2 Å². The molecular formula is C16H17N3O4. The van der Waals surface area contributed by atoms with E-state index in [-0.39, 0.29) is 17.9 Å². The molecule has 7 heteroatoms. The van der Waals surface area contributed by atoms with Crippen LogP contribution in [0.25, 0.3) is 11.3 Å². The molecule has 2 N–H and O–H groups in total. The minimum absolute atomic E-state index is 0.0861. The Morgan fingerprint density at radius 1 is 1.22 bits per heavy atom. The van der Waals surface area contributed by atoms with Gasteiger partial charge in [0.1, 0.15) is 6.10 Å². The van der Waals surface area contributed by atoms with Crippen LogP contribution in [-0.2, 0) is 14.3 Å². The molecule has 0 bridgehead atoms. The van der Waals surface area contributed by atoms with Crippen LogP contribution < -0.4 is 10.9 Å². The zero-order valence-corrected chi connectivity index (χ0v) is 12.8. The highest BCUT2D eigenvalue weighted by atomic mass is 16.5. The van der Waals surface area contributed by atoms with E-state index in [9.17, 15) is 14.4 Å². The number of amides is 1. The lowest BCUT2D eigenvalue weighted by Crippen LogP contribution is -2.21. The minimum atomic E-state index is -0.475. The van der Waals surface area contributed by atoms with Crippen LogP contribution in [-0.4, -0.2) is 28.2 Å². The number of nitrogens with zero attached hydrogens (tertiary/aromatic N) is 1. The lowest BCUT2D eigenvalue weighted by Gasteiger charge is -2.12. The maximum Gasteiger partial charge on any atom is 0.302 e. The van der Waals surface area contributed by atoms with Crippen molar-refractivity contribution in [1.29, 1.82) is 0 Å². The van der Waals surface area contributed by atoms with Gasteiger partial charge in [0.2, 0.25) is 5.91 Å². The molecular weight excluding hydrogens is 298 g/mol. The average Bonchev–Trinajstić information content (AvgIpc) is 2.48. The number of anilines is 1. The van der Waals surface area contributed by atoms with Crippen LogP contribution in [0.3, 0.4) is 0 Å². The molecule has 1 aromatic heterocycles. The average molecular weight is 315 g/mol. The first-order valence-corrected chi connectivity index (χ1v) is 7.07. The molecule has 0 aliphatic carbocycles. The number of benzene rings is 1. The zero-order chi connectivity index (χ0) is 16.8. The molecule has 1 atom stereocenters. The van der Waals surface area contributed by atoms with Crippen LogP contribution in [0, 0.1) is 0 Å². The van der Waals surface area contributed by atoms with Crippen molar-refractivity contribution < 1.29 is 14.3 Å². The van der Waals surface area contributed by atoms with E-state index in [1.807, 2.05) is 0 Å². The lowest BCUT2D eigenvalue weighted by atomic mass is 10.1. The van der Waals surface area contributed by atoms with Crippen LogP contribution in [0.15, 0.2) is 41.2 Å². The molecule has 7 nitrogen and oxygen atoms in total. The maximum absolute atomic E-state index is 11.8. The molecule has 0 saturated carbocycles. The molecule has 1 amide bonds. The molecule has 0 aliphatic heterocycles. The molecule has 2 rings (SSSR count). The smallest absolute Gasteiger partial charge is 0.302 e. The van der Waals surface area contributed by atoms with Crippen LogP contribution in [0.1, 0.15) is 20.3 Å². The summed E-state index contributed by atoms with van der Waals surface area (Å²) in [7, 11) is 0. The molecule has 0 radical (unpaired) electrons. The van der Waals surface area contributed by atoms with Gasteiger partial charge in [-0.2, -0.15) is 5.10 Å². The molecule has 0 saturated heterocycles. The third-order valence-electron chi connectivity index (χ3n) is 2.98. The van der Waals surface area contributed by atoms with Gasteiger partial charge in [0.05, 0.1) is 12.1 Å². The number of aromatic nitrogens is 2. The van der Waals surface area contributed by atoms with Gasteiger partial charge in [-0.15, -0.1) is 0 Å². The number of nitrogens with one attached hydrogen (secondary N) is 2. The van der Waals surface area contributed by atoms with Crippen molar-refractivity contribution in [3.8, 4) is 11.3 Å². The first-order chi connectivity index (χ1) is 10.9. The van der Waals surface area contributed by atoms with Crippen molar-refractivity contribution in [1.82, 2.24) is 10.2 Å². The molecule has 0 aliphatic rings. The van der Waals surface area contributed by atoms with Crippen molar-refractivity contribution in [3.63, 3.8) is 0 Å². The number of hydrogen-bond acceptors (Lipinski definition) is 5. The molecule has 120 valence electrons. The Morgan fingerprint density at radius 2 is 1.91 bits per heavy atom. The monoisotopic (exact) mass is 315 g/mol. The summed E-state index contributed by atoms with van der Waals surface area (Å²) >= 11 is 0. The van der Waals surface area contributed by atoms with Crippen molar-refractivity contribution in [2.75, 3.05) is 5.32 Å². The Bertz CT molecular complexity index is 732. The van der Waals surface area contributed by atoms with E-state index in [0.29, 0.717) is 11.4 Å². The maximum atomic E-state index is 11.8. The van der Waals surface area contributed by atoms with Crippen LogP contribution in [0.2, 0.25) is 0 Å². The highest BCUT2D eigenvalue weighted by Gasteiger charge is 2.11. The minimum Gasteiger partial charge on any atom is -0.462 e. The number of esters is 1. The second-order valence-corrected chi connectivity index (χ2v) is 5.06. The fourth-order valence-corrected chi connectivity index (χ4v) is 2.03. The largest absolute Gasteiger partial charge is 0.462 e. The van der Waals surface area contributed by atoms with E-state index in [4.69, 9.17) is 4.74 Å². The van der Waals surface area contributed by atoms with E-state index >= 15 is 0 Å². The highest BCUT2D eigenvalue weighted by Crippen LogP contribution is 2.18. The third kappa shape index (κ3) is 5.06. The summed E-state index contributed by atoms with van der Waals surface area (Å²) in [4.78, 5) is 33.6. The number of hydrogen-bond donors (Lipinski definition) is 2. The summed E-state index contributed by atoms with van der Waals surface area (Å²) < 4.78 is 4.91. The van der Waals surface area contributed by atoms with Crippen LogP contribution in [0.4, 0.5) is 5.69 Å². The van der Waals surface area contributed by atoms with Crippen LogP contribution in [0.5, 0.6) is 0 Å². The normalized spacial score (nSPS) is 11.6. The van der Waals surface area contributed by atoms with E-state index in [1.54, 1.807) is 37.3 Å². The lowest BCUT2D eigenvalue weighted by molar-refractivity contribution is -0.146. The number of rotatable bonds is 5. The van der Waals surface area contributed by atoms with Gasteiger partial charge in [-0.1, -0.05) is 12.1 Å². The summed E-state index contributed by atoms with van der Waals surface area (Å²) in [5.74, 6) is -0.656. The summed E-state index contributed by atoms with van der Waals surface area (Å²) in [5.41, 5.74) is 1.80. The van der Waals surface area contributed by atoms with Gasteiger partial charge >= 0.3 is 5.97 Å². The zero-order valence-electron chi connectivity index (χ0n) is 12.8. The highest BCUT2D eigenvalue weighted by molar-refractivity contribution is 5.91. The topological polar surface area (TPSA) is 101 Å². The van der Waals surface area contributed by atoms with E-state index < -0.39 is 12.1 Å². The fraction of sp³-hybridized carbons (Fsp3) is 0.250. The molecule has 1 unspecified atom stereocenters. The van der Waals surface area contributed by atoms with Gasteiger partial charge in [0.25, 0.3) is 5.56 Å². The second-order valence-electron chi connectivity index (χ2n) is 5.06. The second kappa shape index (κ2) is 7.35. The molecule has 1 heterocycles. The fourth-order valence-electron chi connectivity index (χ4n) is 2.03. The Labute approximate surface area is 132 Å². The number of aromatic amines is 1.